The number of amides is 1. The van der Waals surface area contributed by atoms with Crippen LogP contribution in [0.25, 0.3) is 11.1 Å². The van der Waals surface area contributed by atoms with Crippen molar-refractivity contribution in [2.75, 3.05) is 5.32 Å². The van der Waals surface area contributed by atoms with Crippen molar-refractivity contribution in [1.82, 2.24) is 0 Å². The van der Waals surface area contributed by atoms with Crippen LogP contribution >= 0.6 is 0 Å². The topological polar surface area (TPSA) is 46.2 Å². The van der Waals surface area contributed by atoms with Gasteiger partial charge in [0.15, 0.2) is 5.78 Å². The normalized spacial score (nSPS) is 11.8. The molecule has 0 radical (unpaired) electrons. The molecule has 0 saturated heterocycles. The molecule has 0 bridgehead atoms. The third kappa shape index (κ3) is 2.14. The molecule has 1 amide bonds. The van der Waals surface area contributed by atoms with Gasteiger partial charge in [-0.25, -0.2) is 0 Å². The van der Waals surface area contributed by atoms with Gasteiger partial charge in [-0.2, -0.15) is 0 Å². The summed E-state index contributed by atoms with van der Waals surface area (Å²) < 4.78 is 0. The van der Waals surface area contributed by atoms with Crippen LogP contribution in [0.1, 0.15) is 31.8 Å². The number of benzene rings is 3. The number of carbonyl (C=O) groups excluding carboxylic acids is 2. The molecule has 3 heteroatoms. The Hall–Kier alpha value is -3.20. The number of nitrogens with one attached hydrogen (secondary N) is 1. The summed E-state index contributed by atoms with van der Waals surface area (Å²) in [6.07, 6.45) is 0. The number of rotatable bonds is 2. The fourth-order valence-corrected chi connectivity index (χ4v) is 3.17. The van der Waals surface area contributed by atoms with Crippen LogP contribution in [-0.4, -0.2) is 11.7 Å². The number of ketones is 1. The Morgan fingerprint density at radius 2 is 1.46 bits per heavy atom. The highest BCUT2D eigenvalue weighted by Crippen LogP contribution is 2.39. The third-order valence-electron chi connectivity index (χ3n) is 4.39. The first-order chi connectivity index (χ1) is 11.7. The Kier molecular flexibility index (Phi) is 3.28. The zero-order valence-electron chi connectivity index (χ0n) is 13.2. The van der Waals surface area contributed by atoms with E-state index in [1.165, 1.54) is 0 Å². The summed E-state index contributed by atoms with van der Waals surface area (Å²) in [6.45, 7) is 1.95. The summed E-state index contributed by atoms with van der Waals surface area (Å²) in [7, 11) is 0. The van der Waals surface area contributed by atoms with Crippen molar-refractivity contribution < 1.29 is 9.59 Å². The smallest absolute Gasteiger partial charge is 0.256 e. The van der Waals surface area contributed by atoms with Crippen LogP contribution in [0.3, 0.4) is 0 Å². The van der Waals surface area contributed by atoms with Gasteiger partial charge in [-0.1, -0.05) is 54.6 Å². The first-order valence-corrected chi connectivity index (χ1v) is 7.81. The number of para-hydroxylation sites is 1. The summed E-state index contributed by atoms with van der Waals surface area (Å²) in [6, 6.07) is 20.4. The van der Waals surface area contributed by atoms with Crippen LogP contribution < -0.4 is 5.32 Å². The number of aryl methyl sites for hydroxylation is 1. The van der Waals surface area contributed by atoms with Gasteiger partial charge in [-0.3, -0.25) is 9.59 Å². The highest BCUT2D eigenvalue weighted by molar-refractivity contribution is 6.25. The van der Waals surface area contributed by atoms with E-state index in [1.807, 2.05) is 49.4 Å². The van der Waals surface area contributed by atoms with E-state index < -0.39 is 0 Å². The first-order valence-electron chi connectivity index (χ1n) is 7.81. The number of carbonyl (C=O) groups is 2. The number of anilines is 1. The van der Waals surface area contributed by atoms with Crippen LogP contribution in [0.15, 0.2) is 66.7 Å². The van der Waals surface area contributed by atoms with Gasteiger partial charge in [-0.05, 0) is 30.2 Å². The summed E-state index contributed by atoms with van der Waals surface area (Å²) in [5.41, 5.74) is 5.09. The standard InChI is InChI=1S/C21H15NO2/c1-13-7-2-5-12-18(13)22-21(24)17-11-6-10-16-19(17)14-8-3-4-9-15(14)20(16)23/h2-12H,1H3,(H,22,24). The average Bonchev–Trinajstić information content (AvgIpc) is 2.90. The Labute approximate surface area is 140 Å². The molecule has 1 N–H and O–H groups in total. The molecule has 0 atom stereocenters. The van der Waals surface area contributed by atoms with Gasteiger partial charge in [0.25, 0.3) is 5.91 Å². The molecule has 1 aliphatic rings. The molecule has 116 valence electrons. The predicted octanol–water partition coefficient (Wildman–Crippen LogP) is 4.46. The van der Waals surface area contributed by atoms with Gasteiger partial charge in [0.05, 0.1) is 0 Å². The molecule has 3 aromatic carbocycles. The molecule has 0 unspecified atom stereocenters. The van der Waals surface area contributed by atoms with E-state index in [4.69, 9.17) is 0 Å². The van der Waals surface area contributed by atoms with Crippen molar-refractivity contribution in [3.8, 4) is 11.1 Å². The minimum atomic E-state index is -0.203. The molecule has 3 nitrogen and oxygen atoms in total. The largest absolute Gasteiger partial charge is 0.322 e. The van der Waals surface area contributed by atoms with Crippen LogP contribution in [-0.2, 0) is 0 Å². The second-order valence-corrected chi connectivity index (χ2v) is 5.87. The van der Waals surface area contributed by atoms with Gasteiger partial charge in [0, 0.05) is 27.9 Å². The lowest BCUT2D eigenvalue weighted by atomic mass is 9.99. The summed E-state index contributed by atoms with van der Waals surface area (Å²) in [5.74, 6) is -0.225. The molecular formula is C21H15NO2. The van der Waals surface area contributed by atoms with Crippen LogP contribution in [0, 0.1) is 6.92 Å². The van der Waals surface area contributed by atoms with Crippen molar-refractivity contribution in [3.05, 3.63) is 89.0 Å². The minimum Gasteiger partial charge on any atom is -0.322 e. The number of fused-ring (bicyclic) bond motifs is 3. The lowest BCUT2D eigenvalue weighted by molar-refractivity contribution is 0.102. The van der Waals surface area contributed by atoms with Crippen molar-refractivity contribution in [2.45, 2.75) is 6.92 Å². The van der Waals surface area contributed by atoms with E-state index in [1.54, 1.807) is 24.3 Å². The molecule has 0 aromatic heterocycles. The monoisotopic (exact) mass is 313 g/mol. The van der Waals surface area contributed by atoms with E-state index in [9.17, 15) is 9.59 Å². The van der Waals surface area contributed by atoms with E-state index in [0.717, 1.165) is 22.4 Å². The molecule has 0 fully saturated rings. The second kappa shape index (κ2) is 5.46. The van der Waals surface area contributed by atoms with Gasteiger partial charge in [-0.15, -0.1) is 0 Å². The molecule has 4 rings (SSSR count). The summed E-state index contributed by atoms with van der Waals surface area (Å²) >= 11 is 0. The molecule has 0 saturated carbocycles. The third-order valence-corrected chi connectivity index (χ3v) is 4.39. The highest BCUT2D eigenvalue weighted by atomic mass is 16.1. The van der Waals surface area contributed by atoms with Crippen LogP contribution in [0.2, 0.25) is 0 Å². The summed E-state index contributed by atoms with van der Waals surface area (Å²) in [5, 5.41) is 2.95. The lowest BCUT2D eigenvalue weighted by Gasteiger charge is -2.11. The van der Waals surface area contributed by atoms with E-state index >= 15 is 0 Å². The van der Waals surface area contributed by atoms with Gasteiger partial charge >= 0.3 is 0 Å². The zero-order chi connectivity index (χ0) is 16.7. The molecular weight excluding hydrogens is 298 g/mol. The van der Waals surface area contributed by atoms with Gasteiger partial charge in [0.1, 0.15) is 0 Å². The number of hydrogen-bond donors (Lipinski definition) is 1. The quantitative estimate of drug-likeness (QED) is 0.594. The van der Waals surface area contributed by atoms with Crippen LogP contribution in [0.5, 0.6) is 0 Å². The van der Waals surface area contributed by atoms with Crippen molar-refractivity contribution >= 4 is 17.4 Å². The highest BCUT2D eigenvalue weighted by Gasteiger charge is 2.30. The Bertz CT molecular complexity index is 989. The molecule has 0 aliphatic heterocycles. The van der Waals surface area contributed by atoms with Crippen molar-refractivity contribution in [2.24, 2.45) is 0 Å². The van der Waals surface area contributed by atoms with E-state index in [-0.39, 0.29) is 11.7 Å². The molecule has 1 aliphatic carbocycles. The SMILES string of the molecule is Cc1ccccc1NC(=O)c1cccc2c1-c1ccccc1C2=O. The van der Waals surface area contributed by atoms with Crippen molar-refractivity contribution in [3.63, 3.8) is 0 Å². The zero-order valence-corrected chi connectivity index (χ0v) is 13.2. The Balaban J connectivity index is 1.81. The lowest BCUT2D eigenvalue weighted by Crippen LogP contribution is -2.14. The fourth-order valence-electron chi connectivity index (χ4n) is 3.17. The molecule has 0 spiro atoms. The Morgan fingerprint density at radius 3 is 2.25 bits per heavy atom. The maximum atomic E-state index is 12.8. The van der Waals surface area contributed by atoms with E-state index in [0.29, 0.717) is 16.7 Å². The number of hydrogen-bond acceptors (Lipinski definition) is 2. The van der Waals surface area contributed by atoms with Crippen LogP contribution in [0.4, 0.5) is 5.69 Å². The van der Waals surface area contributed by atoms with E-state index in [2.05, 4.69) is 5.32 Å². The molecule has 3 aromatic rings. The minimum absolute atomic E-state index is 0.0221. The van der Waals surface area contributed by atoms with Crippen molar-refractivity contribution in [1.29, 1.82) is 0 Å². The van der Waals surface area contributed by atoms with Gasteiger partial charge < -0.3 is 5.32 Å². The maximum Gasteiger partial charge on any atom is 0.256 e. The average molecular weight is 313 g/mol. The Morgan fingerprint density at radius 1 is 0.792 bits per heavy atom. The fraction of sp³-hybridized carbons (Fsp3) is 0.0476. The first kappa shape index (κ1) is 14.4. The second-order valence-electron chi connectivity index (χ2n) is 5.87. The predicted molar refractivity (Wildman–Crippen MR) is 94.4 cm³/mol. The summed E-state index contributed by atoms with van der Waals surface area (Å²) in [4.78, 5) is 25.4. The molecule has 24 heavy (non-hydrogen) atoms. The molecule has 0 heterocycles. The van der Waals surface area contributed by atoms with Gasteiger partial charge in [0.2, 0.25) is 0 Å². The maximum absolute atomic E-state index is 12.8.